The molecule has 0 N–H and O–H groups in total. The number of hydrogen-bond donors (Lipinski definition) is 0. The van der Waals surface area contributed by atoms with Crippen molar-refractivity contribution in [2.75, 3.05) is 14.2 Å². The second kappa shape index (κ2) is 4.30. The summed E-state index contributed by atoms with van der Waals surface area (Å²) in [4.78, 5) is 0. The highest BCUT2D eigenvalue weighted by molar-refractivity contribution is 5.20. The summed E-state index contributed by atoms with van der Waals surface area (Å²) in [5, 5.41) is 0. The summed E-state index contributed by atoms with van der Waals surface area (Å²) in [6.45, 7) is 0. The third kappa shape index (κ3) is 2.02. The molecular formula is C9H10F2O2. The molecule has 2 nitrogen and oxygen atoms in total. The SMILES string of the molecule is COC(OC)c1cccc(F)c1F. The Balaban J connectivity index is 3.05. The van der Waals surface area contributed by atoms with E-state index in [0.717, 1.165) is 6.07 Å². The fourth-order valence-corrected chi connectivity index (χ4v) is 1.05. The first-order valence-corrected chi connectivity index (χ1v) is 3.70. The summed E-state index contributed by atoms with van der Waals surface area (Å²) in [5.41, 5.74) is 0.0602. The molecule has 0 spiro atoms. The van der Waals surface area contributed by atoms with Crippen molar-refractivity contribution in [3.8, 4) is 0 Å². The van der Waals surface area contributed by atoms with Gasteiger partial charge in [0.15, 0.2) is 17.9 Å². The van der Waals surface area contributed by atoms with E-state index in [0.29, 0.717) is 0 Å². The van der Waals surface area contributed by atoms with Gasteiger partial charge >= 0.3 is 0 Å². The van der Waals surface area contributed by atoms with Crippen molar-refractivity contribution < 1.29 is 18.3 Å². The number of ether oxygens (including phenoxy) is 2. The Hall–Kier alpha value is -1.00. The van der Waals surface area contributed by atoms with Crippen LogP contribution < -0.4 is 0 Å². The summed E-state index contributed by atoms with van der Waals surface area (Å²) in [6, 6.07) is 3.86. The van der Waals surface area contributed by atoms with Gasteiger partial charge in [0.05, 0.1) is 0 Å². The van der Waals surface area contributed by atoms with E-state index in [1.807, 2.05) is 0 Å². The summed E-state index contributed by atoms with van der Waals surface area (Å²) in [7, 11) is 2.72. The Bertz CT molecular complexity index is 285. The molecule has 4 heteroatoms. The van der Waals surface area contributed by atoms with Gasteiger partial charge in [0.1, 0.15) is 0 Å². The lowest BCUT2D eigenvalue weighted by Crippen LogP contribution is -2.07. The number of halogens is 2. The lowest BCUT2D eigenvalue weighted by molar-refractivity contribution is -0.108. The van der Waals surface area contributed by atoms with E-state index in [1.54, 1.807) is 0 Å². The lowest BCUT2D eigenvalue weighted by Gasteiger charge is -2.14. The van der Waals surface area contributed by atoms with Crippen molar-refractivity contribution in [2.45, 2.75) is 6.29 Å². The number of benzene rings is 1. The number of methoxy groups -OCH3 is 2. The summed E-state index contributed by atoms with van der Waals surface area (Å²) < 4.78 is 35.4. The summed E-state index contributed by atoms with van der Waals surface area (Å²) in [5.74, 6) is -1.84. The van der Waals surface area contributed by atoms with Crippen molar-refractivity contribution in [3.63, 3.8) is 0 Å². The molecule has 72 valence electrons. The largest absolute Gasteiger partial charge is 0.352 e. The Morgan fingerprint density at radius 3 is 2.31 bits per heavy atom. The molecule has 13 heavy (non-hydrogen) atoms. The predicted molar refractivity (Wildman–Crippen MR) is 43.1 cm³/mol. The van der Waals surface area contributed by atoms with Crippen LogP contribution in [-0.4, -0.2) is 14.2 Å². The second-order valence-corrected chi connectivity index (χ2v) is 2.45. The van der Waals surface area contributed by atoms with Crippen LogP contribution in [0, 0.1) is 11.6 Å². The second-order valence-electron chi connectivity index (χ2n) is 2.45. The normalized spacial score (nSPS) is 10.8. The maximum absolute atomic E-state index is 13.1. The van der Waals surface area contributed by atoms with E-state index >= 15 is 0 Å². The smallest absolute Gasteiger partial charge is 0.186 e. The zero-order chi connectivity index (χ0) is 9.84. The van der Waals surface area contributed by atoms with Crippen LogP contribution in [0.3, 0.4) is 0 Å². The van der Waals surface area contributed by atoms with Crippen LogP contribution in [-0.2, 0) is 9.47 Å². The van der Waals surface area contributed by atoms with E-state index < -0.39 is 17.9 Å². The van der Waals surface area contributed by atoms with Gasteiger partial charge in [0.25, 0.3) is 0 Å². The van der Waals surface area contributed by atoms with Gasteiger partial charge in [0.2, 0.25) is 0 Å². The standard InChI is InChI=1S/C9H10F2O2/c1-12-9(13-2)6-4-3-5-7(10)8(6)11/h3-5,9H,1-2H3. The molecule has 0 fully saturated rings. The van der Waals surface area contributed by atoms with Gasteiger partial charge in [-0.3, -0.25) is 0 Å². The van der Waals surface area contributed by atoms with E-state index in [-0.39, 0.29) is 5.56 Å². The zero-order valence-electron chi connectivity index (χ0n) is 7.38. The number of hydrogen-bond acceptors (Lipinski definition) is 2. The average molecular weight is 188 g/mol. The van der Waals surface area contributed by atoms with Crippen LogP contribution in [0.25, 0.3) is 0 Å². The van der Waals surface area contributed by atoms with Gasteiger partial charge < -0.3 is 9.47 Å². The zero-order valence-corrected chi connectivity index (χ0v) is 7.38. The molecule has 0 atom stereocenters. The maximum Gasteiger partial charge on any atom is 0.186 e. The Kier molecular flexibility index (Phi) is 3.33. The fourth-order valence-electron chi connectivity index (χ4n) is 1.05. The molecule has 0 aliphatic heterocycles. The van der Waals surface area contributed by atoms with Crippen LogP contribution >= 0.6 is 0 Å². The first kappa shape index (κ1) is 10.1. The molecule has 0 aliphatic rings. The molecule has 1 rings (SSSR count). The Morgan fingerprint density at radius 2 is 1.77 bits per heavy atom. The first-order valence-electron chi connectivity index (χ1n) is 3.70. The molecule has 1 aromatic rings. The molecule has 0 amide bonds. The van der Waals surface area contributed by atoms with Gasteiger partial charge in [0, 0.05) is 19.8 Å². The monoisotopic (exact) mass is 188 g/mol. The highest BCUT2D eigenvalue weighted by Crippen LogP contribution is 2.21. The van der Waals surface area contributed by atoms with Gasteiger partial charge in [-0.1, -0.05) is 12.1 Å². The van der Waals surface area contributed by atoms with E-state index in [4.69, 9.17) is 9.47 Å². The van der Waals surface area contributed by atoms with Crippen LogP contribution in [0.2, 0.25) is 0 Å². The van der Waals surface area contributed by atoms with Crippen molar-refractivity contribution in [1.82, 2.24) is 0 Å². The van der Waals surface area contributed by atoms with Crippen LogP contribution in [0.5, 0.6) is 0 Å². The van der Waals surface area contributed by atoms with Crippen molar-refractivity contribution in [2.24, 2.45) is 0 Å². The van der Waals surface area contributed by atoms with E-state index in [1.165, 1.54) is 26.4 Å². The van der Waals surface area contributed by atoms with Gasteiger partial charge in [-0.05, 0) is 6.07 Å². The highest BCUT2D eigenvalue weighted by atomic mass is 19.2. The van der Waals surface area contributed by atoms with Crippen molar-refractivity contribution >= 4 is 0 Å². The third-order valence-electron chi connectivity index (χ3n) is 1.66. The lowest BCUT2D eigenvalue weighted by atomic mass is 10.2. The highest BCUT2D eigenvalue weighted by Gasteiger charge is 2.16. The van der Waals surface area contributed by atoms with E-state index in [9.17, 15) is 8.78 Å². The molecule has 0 saturated heterocycles. The molecule has 0 heterocycles. The molecule has 0 aliphatic carbocycles. The predicted octanol–water partition coefficient (Wildman–Crippen LogP) is 2.26. The minimum Gasteiger partial charge on any atom is -0.352 e. The molecule has 0 unspecified atom stereocenters. The number of rotatable bonds is 3. The van der Waals surface area contributed by atoms with Crippen LogP contribution in [0.1, 0.15) is 11.9 Å². The van der Waals surface area contributed by atoms with Crippen molar-refractivity contribution in [3.05, 3.63) is 35.4 Å². The minimum absolute atomic E-state index is 0.0602. The summed E-state index contributed by atoms with van der Waals surface area (Å²) in [6.07, 6.45) is -0.865. The molecule has 0 aromatic heterocycles. The molecule has 0 radical (unpaired) electrons. The van der Waals surface area contributed by atoms with Crippen LogP contribution in [0.15, 0.2) is 18.2 Å². The Morgan fingerprint density at radius 1 is 1.15 bits per heavy atom. The minimum atomic E-state index is -0.934. The van der Waals surface area contributed by atoms with Gasteiger partial charge in [-0.2, -0.15) is 0 Å². The molecule has 0 saturated carbocycles. The van der Waals surface area contributed by atoms with Gasteiger partial charge in [-0.25, -0.2) is 8.78 Å². The van der Waals surface area contributed by atoms with E-state index in [2.05, 4.69) is 0 Å². The first-order chi connectivity index (χ1) is 6.20. The molecule has 0 bridgehead atoms. The third-order valence-corrected chi connectivity index (χ3v) is 1.66. The van der Waals surface area contributed by atoms with Gasteiger partial charge in [-0.15, -0.1) is 0 Å². The summed E-state index contributed by atoms with van der Waals surface area (Å²) >= 11 is 0. The Labute approximate surface area is 75.1 Å². The molecule has 1 aromatic carbocycles. The average Bonchev–Trinajstić information content (AvgIpc) is 2.14. The quantitative estimate of drug-likeness (QED) is 0.677. The fraction of sp³-hybridized carbons (Fsp3) is 0.333. The van der Waals surface area contributed by atoms with Crippen molar-refractivity contribution in [1.29, 1.82) is 0 Å². The topological polar surface area (TPSA) is 18.5 Å². The van der Waals surface area contributed by atoms with Crippen LogP contribution in [0.4, 0.5) is 8.78 Å². The maximum atomic E-state index is 13.1. The molecular weight excluding hydrogens is 178 g/mol.